The Kier molecular flexibility index (Phi) is 4.12. The molecule has 0 aliphatic heterocycles. The van der Waals surface area contributed by atoms with Crippen LogP contribution in [0.1, 0.15) is 0 Å². The summed E-state index contributed by atoms with van der Waals surface area (Å²) in [6.07, 6.45) is 7.70. The minimum Gasteiger partial charge on any atom is -0.264 e. The van der Waals surface area contributed by atoms with Crippen LogP contribution in [0.3, 0.4) is 0 Å². The summed E-state index contributed by atoms with van der Waals surface area (Å²) in [7, 11) is -0.726. The molecule has 3 aromatic carbocycles. The second-order valence-corrected chi connectivity index (χ2v) is 8.57. The van der Waals surface area contributed by atoms with Gasteiger partial charge in [-0.25, -0.2) is 0 Å². The summed E-state index contributed by atoms with van der Waals surface area (Å²) in [6, 6.07) is 28.1. The fourth-order valence-electron chi connectivity index (χ4n) is 3.57. The number of nitrogens with zero attached hydrogens (tertiary/aromatic N) is 2. The Hall–Kier alpha value is -3.09. The Balaban J connectivity index is 1.85. The first-order valence-electron chi connectivity index (χ1n) is 8.92. The van der Waals surface area contributed by atoms with Gasteiger partial charge in [-0.3, -0.25) is 9.97 Å². The van der Waals surface area contributed by atoms with E-state index in [9.17, 15) is 0 Å². The zero-order valence-corrected chi connectivity index (χ0v) is 15.6. The Bertz CT molecular complexity index is 1150. The molecular weight excluding hydrogens is 347 g/mol. The van der Waals surface area contributed by atoms with E-state index in [0.29, 0.717) is 0 Å². The molecule has 0 spiro atoms. The minimum atomic E-state index is -0.726. The molecule has 5 rings (SSSR count). The average Bonchev–Trinajstić information content (AvgIpc) is 2.75. The quantitative estimate of drug-likeness (QED) is 0.439. The third kappa shape index (κ3) is 2.89. The molecule has 0 aliphatic rings. The first-order valence-corrected chi connectivity index (χ1v) is 10.3. The van der Waals surface area contributed by atoms with Crippen LogP contribution >= 0.6 is 7.92 Å². The molecule has 0 aliphatic carbocycles. The monoisotopic (exact) mass is 364 g/mol. The fraction of sp³-hybridized carbons (Fsp3) is 0. The molecule has 0 amide bonds. The van der Waals surface area contributed by atoms with E-state index in [1.54, 1.807) is 0 Å². The lowest BCUT2D eigenvalue weighted by molar-refractivity contribution is 1.37. The average molecular weight is 364 g/mol. The first-order chi connectivity index (χ1) is 13.4. The van der Waals surface area contributed by atoms with Crippen molar-refractivity contribution >= 4 is 45.4 Å². The molecule has 27 heavy (non-hydrogen) atoms. The van der Waals surface area contributed by atoms with Crippen molar-refractivity contribution in [3.63, 3.8) is 0 Å². The highest BCUT2D eigenvalue weighted by Crippen LogP contribution is 2.37. The van der Waals surface area contributed by atoms with Gasteiger partial charge in [-0.2, -0.15) is 0 Å². The third-order valence-corrected chi connectivity index (χ3v) is 7.38. The first kappa shape index (κ1) is 16.1. The smallest absolute Gasteiger partial charge is 0.0353 e. The second kappa shape index (κ2) is 6.90. The predicted octanol–water partition coefficient (Wildman–Crippen LogP) is 4.54. The summed E-state index contributed by atoms with van der Waals surface area (Å²) in [6.45, 7) is 0. The van der Waals surface area contributed by atoms with Crippen LogP contribution in [-0.2, 0) is 0 Å². The van der Waals surface area contributed by atoms with Gasteiger partial charge in [-0.15, -0.1) is 0 Å². The fourth-order valence-corrected chi connectivity index (χ4v) is 6.18. The van der Waals surface area contributed by atoms with Crippen LogP contribution in [0.5, 0.6) is 0 Å². The number of aromatic nitrogens is 2. The number of benzene rings is 3. The van der Waals surface area contributed by atoms with Gasteiger partial charge in [0, 0.05) is 35.6 Å². The summed E-state index contributed by atoms with van der Waals surface area (Å²) in [5, 5.41) is 8.89. The summed E-state index contributed by atoms with van der Waals surface area (Å²) in [5.41, 5.74) is 0. The van der Waals surface area contributed by atoms with Crippen molar-refractivity contribution in [2.75, 3.05) is 0 Å². The third-order valence-electron chi connectivity index (χ3n) is 4.82. The second-order valence-electron chi connectivity index (χ2n) is 6.42. The van der Waals surface area contributed by atoms with Crippen molar-refractivity contribution in [2.45, 2.75) is 0 Å². The van der Waals surface area contributed by atoms with E-state index in [0.717, 1.165) is 0 Å². The van der Waals surface area contributed by atoms with Gasteiger partial charge < -0.3 is 0 Å². The largest absolute Gasteiger partial charge is 0.264 e. The Labute approximate surface area is 159 Å². The molecule has 128 valence electrons. The Morgan fingerprint density at radius 2 is 1.07 bits per heavy atom. The molecule has 5 aromatic rings. The van der Waals surface area contributed by atoms with E-state index in [1.165, 1.54) is 37.5 Å². The van der Waals surface area contributed by atoms with Crippen LogP contribution < -0.4 is 15.9 Å². The van der Waals surface area contributed by atoms with Gasteiger partial charge in [0.1, 0.15) is 0 Å². The molecule has 0 bridgehead atoms. The molecular formula is C24H17N2P. The molecule has 0 atom stereocenters. The lowest BCUT2D eigenvalue weighted by Gasteiger charge is -2.22. The molecule has 0 N–H and O–H groups in total. The maximum Gasteiger partial charge on any atom is 0.0353 e. The van der Waals surface area contributed by atoms with Crippen molar-refractivity contribution in [2.24, 2.45) is 0 Å². The predicted molar refractivity (Wildman–Crippen MR) is 116 cm³/mol. The van der Waals surface area contributed by atoms with Crippen molar-refractivity contribution in [1.82, 2.24) is 9.97 Å². The lowest BCUT2D eigenvalue weighted by Crippen LogP contribution is -2.22. The minimum absolute atomic E-state index is 0.726. The van der Waals surface area contributed by atoms with Crippen LogP contribution in [-0.4, -0.2) is 9.97 Å². The Morgan fingerprint density at radius 1 is 0.519 bits per heavy atom. The number of rotatable bonds is 3. The van der Waals surface area contributed by atoms with E-state index >= 15 is 0 Å². The van der Waals surface area contributed by atoms with Crippen LogP contribution in [0.4, 0.5) is 0 Å². The molecule has 3 heteroatoms. The lowest BCUT2D eigenvalue weighted by atomic mass is 10.2. The summed E-state index contributed by atoms with van der Waals surface area (Å²) in [4.78, 5) is 8.81. The molecule has 0 unspecified atom stereocenters. The summed E-state index contributed by atoms with van der Waals surface area (Å²) >= 11 is 0. The SMILES string of the molecule is c1ccc(P(c2cccc3ccncc23)c2cccc3ccncc23)cc1. The molecule has 0 fully saturated rings. The van der Waals surface area contributed by atoms with Gasteiger partial charge >= 0.3 is 0 Å². The topological polar surface area (TPSA) is 25.8 Å². The number of hydrogen-bond donors (Lipinski definition) is 0. The highest BCUT2D eigenvalue weighted by Gasteiger charge is 2.20. The normalized spacial score (nSPS) is 11.3. The van der Waals surface area contributed by atoms with E-state index in [4.69, 9.17) is 0 Å². The van der Waals surface area contributed by atoms with Gasteiger partial charge in [0.25, 0.3) is 0 Å². The van der Waals surface area contributed by atoms with Crippen LogP contribution in [0.2, 0.25) is 0 Å². The zero-order valence-electron chi connectivity index (χ0n) is 14.7. The molecule has 0 saturated carbocycles. The van der Waals surface area contributed by atoms with Gasteiger partial charge in [-0.1, -0.05) is 66.7 Å². The van der Waals surface area contributed by atoms with E-state index in [2.05, 4.69) is 88.8 Å². The van der Waals surface area contributed by atoms with Crippen molar-refractivity contribution < 1.29 is 0 Å². The molecule has 0 saturated heterocycles. The highest BCUT2D eigenvalue weighted by atomic mass is 31.1. The summed E-state index contributed by atoms with van der Waals surface area (Å²) < 4.78 is 0. The maximum absolute atomic E-state index is 4.40. The van der Waals surface area contributed by atoms with Crippen molar-refractivity contribution in [3.8, 4) is 0 Å². The maximum atomic E-state index is 4.40. The van der Waals surface area contributed by atoms with Gasteiger partial charge in [-0.05, 0) is 46.7 Å². The summed E-state index contributed by atoms with van der Waals surface area (Å²) in [5.74, 6) is 0. The van der Waals surface area contributed by atoms with Gasteiger partial charge in [0.15, 0.2) is 0 Å². The molecule has 2 aromatic heterocycles. The standard InChI is InChI=1S/C24H17N2P/c1-2-8-20(9-3-1)27(23-10-4-6-18-12-14-25-16-21(18)23)24-11-5-7-19-13-15-26-17-22(19)24/h1-17H. The zero-order chi connectivity index (χ0) is 18.1. The van der Waals surface area contributed by atoms with E-state index in [-0.39, 0.29) is 0 Å². The molecule has 2 heterocycles. The van der Waals surface area contributed by atoms with Gasteiger partial charge in [0.2, 0.25) is 0 Å². The molecule has 0 radical (unpaired) electrons. The number of hydrogen-bond acceptors (Lipinski definition) is 2. The van der Waals surface area contributed by atoms with Crippen molar-refractivity contribution in [1.29, 1.82) is 0 Å². The van der Waals surface area contributed by atoms with Crippen LogP contribution in [0.15, 0.2) is 104 Å². The van der Waals surface area contributed by atoms with Crippen molar-refractivity contribution in [3.05, 3.63) is 104 Å². The highest BCUT2D eigenvalue weighted by molar-refractivity contribution is 7.80. The van der Waals surface area contributed by atoms with E-state index < -0.39 is 7.92 Å². The Morgan fingerprint density at radius 3 is 1.63 bits per heavy atom. The van der Waals surface area contributed by atoms with Crippen LogP contribution in [0.25, 0.3) is 21.5 Å². The van der Waals surface area contributed by atoms with E-state index in [1.807, 2.05) is 24.8 Å². The number of fused-ring (bicyclic) bond motifs is 2. The molecule has 2 nitrogen and oxygen atoms in total. The van der Waals surface area contributed by atoms with Crippen LogP contribution in [0, 0.1) is 0 Å². The number of pyridine rings is 2. The van der Waals surface area contributed by atoms with Gasteiger partial charge in [0.05, 0.1) is 0 Å².